The first kappa shape index (κ1) is 35.7. The molecule has 0 spiro atoms. The lowest BCUT2D eigenvalue weighted by molar-refractivity contribution is -0.120. The minimum absolute atomic E-state index is 0.271. The lowest BCUT2D eigenvalue weighted by Gasteiger charge is -2.25. The van der Waals surface area contributed by atoms with Crippen LogP contribution in [0, 0.1) is 0 Å². The number of methoxy groups -OCH3 is 1. The number of nitrogens with zero attached hydrogens (tertiary/aromatic N) is 2. The van der Waals surface area contributed by atoms with Gasteiger partial charge in [0.05, 0.1) is 13.2 Å². The Labute approximate surface area is 285 Å². The maximum Gasteiger partial charge on any atom is 0.326 e. The summed E-state index contributed by atoms with van der Waals surface area (Å²) in [5.74, 6) is 2.08. The van der Waals surface area contributed by atoms with E-state index in [1.54, 1.807) is 38.4 Å². The highest BCUT2D eigenvalue weighted by Gasteiger charge is 2.25. The summed E-state index contributed by atoms with van der Waals surface area (Å²) in [4.78, 5) is 41.0. The van der Waals surface area contributed by atoms with Crippen LogP contribution in [0.25, 0.3) is 0 Å². The van der Waals surface area contributed by atoms with Crippen LogP contribution in [0.3, 0.4) is 0 Å². The monoisotopic (exact) mass is 671 g/mol. The van der Waals surface area contributed by atoms with Gasteiger partial charge >= 0.3 is 6.03 Å². The molecule has 0 radical (unpaired) electrons. The van der Waals surface area contributed by atoms with Crippen LogP contribution in [0.15, 0.2) is 103 Å². The lowest BCUT2D eigenvalue weighted by atomic mass is 10.0. The molecule has 4 aromatic carbocycles. The fourth-order valence-corrected chi connectivity index (χ4v) is 5.21. The zero-order valence-corrected chi connectivity index (χ0v) is 28.2. The number of hydrogen-bond donors (Lipinski definition) is 3. The molecule has 4 aromatic rings. The van der Waals surface area contributed by atoms with Crippen LogP contribution in [-0.4, -0.2) is 65.4 Å². The molecule has 5 rings (SSSR count). The summed E-state index contributed by atoms with van der Waals surface area (Å²) in [6.07, 6.45) is 1.60. The maximum absolute atomic E-state index is 13.4. The van der Waals surface area contributed by atoms with Crippen molar-refractivity contribution >= 4 is 41.7 Å². The van der Waals surface area contributed by atoms with E-state index in [4.69, 9.17) is 14.2 Å². The fourth-order valence-electron chi connectivity index (χ4n) is 4.70. The Hall–Kier alpha value is -5.20. The molecule has 252 valence electrons. The van der Waals surface area contributed by atoms with E-state index in [1.807, 2.05) is 97.9 Å². The molecule has 0 saturated carbocycles. The molecule has 3 amide bonds. The van der Waals surface area contributed by atoms with Gasteiger partial charge in [-0.1, -0.05) is 60.7 Å². The predicted molar refractivity (Wildman–Crippen MR) is 190 cm³/mol. The number of benzene rings is 4. The minimum atomic E-state index is -0.814. The number of nitrogens with one attached hydrogen (secondary N) is 3. The highest BCUT2D eigenvalue weighted by molar-refractivity contribution is 7.96. The maximum atomic E-state index is 13.4. The number of carbonyl (C=O) groups excluding carboxylic acids is 3. The molecule has 0 saturated heterocycles. The van der Waals surface area contributed by atoms with Gasteiger partial charge in [-0.25, -0.2) is 9.52 Å². The van der Waals surface area contributed by atoms with Gasteiger partial charge in [0.25, 0.3) is 0 Å². The van der Waals surface area contributed by atoms with Crippen molar-refractivity contribution in [3.63, 3.8) is 0 Å². The molecular formula is C36H41N5O6S. The second-order valence-electron chi connectivity index (χ2n) is 11.0. The first-order chi connectivity index (χ1) is 23.3. The highest BCUT2D eigenvalue weighted by Crippen LogP contribution is 2.34. The molecule has 2 atom stereocenters. The quantitative estimate of drug-likeness (QED) is 0.133. The van der Waals surface area contributed by atoms with Gasteiger partial charge in [-0.2, -0.15) is 0 Å². The first-order valence-corrected chi connectivity index (χ1v) is 16.1. The lowest BCUT2D eigenvalue weighted by Crippen LogP contribution is -2.51. The molecule has 3 N–H and O–H groups in total. The van der Waals surface area contributed by atoms with Crippen molar-refractivity contribution in [2.75, 3.05) is 44.8 Å². The van der Waals surface area contributed by atoms with Crippen molar-refractivity contribution in [3.8, 4) is 17.2 Å². The van der Waals surface area contributed by atoms with E-state index in [0.717, 1.165) is 46.7 Å². The summed E-state index contributed by atoms with van der Waals surface area (Å²) in [6.45, 7) is 0.339. The van der Waals surface area contributed by atoms with Crippen molar-refractivity contribution in [2.45, 2.75) is 24.9 Å². The van der Waals surface area contributed by atoms with E-state index >= 15 is 0 Å². The summed E-state index contributed by atoms with van der Waals surface area (Å²) in [7, 11) is 7.24. The number of carbonyl (C=O) groups is 3. The molecule has 0 aromatic heterocycles. The molecule has 0 aliphatic carbocycles. The fraction of sp³-hybridized carbons (Fsp3) is 0.250. The molecule has 0 fully saturated rings. The zero-order valence-electron chi connectivity index (χ0n) is 27.4. The summed E-state index contributed by atoms with van der Waals surface area (Å²) in [5.41, 5.74) is 3.71. The Bertz CT molecular complexity index is 1610. The Morgan fingerprint density at radius 2 is 1.44 bits per heavy atom. The average molecular weight is 672 g/mol. The third-order valence-corrected chi connectivity index (χ3v) is 8.07. The number of fused-ring (bicyclic) bond motifs is 1. The number of amides is 3. The summed E-state index contributed by atoms with van der Waals surface area (Å²) < 4.78 is 21.2. The molecule has 1 aliphatic rings. The second kappa shape index (κ2) is 18.2. The summed E-state index contributed by atoms with van der Waals surface area (Å²) in [6, 6.07) is 30.2. The third-order valence-electron chi connectivity index (χ3n) is 7.37. The van der Waals surface area contributed by atoms with E-state index in [2.05, 4.69) is 14.8 Å². The molecule has 1 heterocycles. The average Bonchev–Trinajstić information content (AvgIpc) is 3.60. The minimum Gasteiger partial charge on any atom is -0.497 e. The van der Waals surface area contributed by atoms with E-state index in [1.165, 1.54) is 4.90 Å². The number of rotatable bonds is 13. The Balaban J connectivity index is 0.000000360. The van der Waals surface area contributed by atoms with E-state index in [9.17, 15) is 14.4 Å². The molecular weight excluding hydrogens is 630 g/mol. The smallest absolute Gasteiger partial charge is 0.326 e. The van der Waals surface area contributed by atoms with Gasteiger partial charge in [0, 0.05) is 57.1 Å². The number of aldehydes is 1. The van der Waals surface area contributed by atoms with Gasteiger partial charge in [-0.3, -0.25) is 9.52 Å². The van der Waals surface area contributed by atoms with Crippen molar-refractivity contribution in [3.05, 3.63) is 114 Å². The van der Waals surface area contributed by atoms with Gasteiger partial charge in [0.2, 0.25) is 12.7 Å². The van der Waals surface area contributed by atoms with Gasteiger partial charge in [-0.15, -0.1) is 0 Å². The van der Waals surface area contributed by atoms with E-state index < -0.39 is 18.1 Å². The highest BCUT2D eigenvalue weighted by atomic mass is 32.2. The zero-order chi connectivity index (χ0) is 34.3. The molecule has 48 heavy (non-hydrogen) atoms. The van der Waals surface area contributed by atoms with Crippen molar-refractivity contribution in [1.29, 1.82) is 0 Å². The second-order valence-corrected chi connectivity index (χ2v) is 11.6. The standard InChI is InChI=1S/C27H30N4O4S.C9H11NO2/c1-31(23-13-15-24(35-2)16-14-23)26(33)25(18-21-11-7-4-8-12-21)28-27(34)30-36-29-22(19-32)17-20-9-5-3-6-10-20;1-10(2)7-3-4-8-9(5-7)12-6-11-8/h3-16,19,22,25,29H,17-18H2,1-2H3,(H2,28,30,34);3-5H,6H2,1-2H3/t22-,25?;/m0./s1. The van der Waals surface area contributed by atoms with E-state index in [-0.39, 0.29) is 5.91 Å². The number of hydrogen-bond acceptors (Lipinski definition) is 9. The van der Waals surface area contributed by atoms with Gasteiger partial charge < -0.3 is 34.1 Å². The van der Waals surface area contributed by atoms with Crippen LogP contribution >= 0.6 is 12.1 Å². The van der Waals surface area contributed by atoms with Crippen LogP contribution in [0.1, 0.15) is 11.1 Å². The van der Waals surface area contributed by atoms with Crippen molar-refractivity contribution < 1.29 is 28.6 Å². The molecule has 1 aliphatic heterocycles. The Kier molecular flexibility index (Phi) is 13.5. The number of likely N-dealkylation sites (N-methyl/N-ethyl adjacent to an activating group) is 1. The molecule has 1 unspecified atom stereocenters. The molecule has 12 heteroatoms. The van der Waals surface area contributed by atoms with Crippen molar-refractivity contribution in [1.82, 2.24) is 14.8 Å². The topological polar surface area (TPSA) is 121 Å². The molecule has 11 nitrogen and oxygen atoms in total. The molecule has 0 bridgehead atoms. The third kappa shape index (κ3) is 10.7. The van der Waals surface area contributed by atoms with Crippen LogP contribution in [0.4, 0.5) is 16.2 Å². The van der Waals surface area contributed by atoms with Crippen LogP contribution in [0.2, 0.25) is 0 Å². The van der Waals surface area contributed by atoms with Crippen LogP contribution in [0.5, 0.6) is 17.2 Å². The van der Waals surface area contributed by atoms with Crippen molar-refractivity contribution in [2.24, 2.45) is 0 Å². The number of ether oxygens (including phenoxy) is 3. The normalized spacial score (nSPS) is 12.4. The van der Waals surface area contributed by atoms with Crippen LogP contribution < -0.4 is 38.8 Å². The Morgan fingerprint density at radius 3 is 2.04 bits per heavy atom. The van der Waals surface area contributed by atoms with Crippen LogP contribution in [-0.2, 0) is 22.4 Å². The number of urea groups is 1. The van der Waals surface area contributed by atoms with Gasteiger partial charge in [0.1, 0.15) is 18.1 Å². The summed E-state index contributed by atoms with van der Waals surface area (Å²) in [5, 5.41) is 2.76. The summed E-state index contributed by atoms with van der Waals surface area (Å²) >= 11 is 0.900. The van der Waals surface area contributed by atoms with Gasteiger partial charge in [-0.05, 0) is 53.9 Å². The SMILES string of the molecule is CN(C)c1ccc2c(c1)OCO2.COc1ccc(N(C)C(=O)C(Cc2ccccc2)NC(=O)NSN[C@H](C=O)Cc2ccccc2)cc1. The largest absolute Gasteiger partial charge is 0.497 e. The van der Waals surface area contributed by atoms with Gasteiger partial charge in [0.15, 0.2) is 11.5 Å². The number of anilines is 2. The predicted octanol–water partition coefficient (Wildman–Crippen LogP) is 5.01. The first-order valence-electron chi connectivity index (χ1n) is 15.3. The van der Waals surface area contributed by atoms with E-state index in [0.29, 0.717) is 31.1 Å². The Morgan fingerprint density at radius 1 is 0.833 bits per heavy atom.